The number of nitrogens with zero attached hydrogens (tertiary/aromatic N) is 4. The highest BCUT2D eigenvalue weighted by atomic mass is 35.5. The Kier molecular flexibility index (Phi) is 7.52. The van der Waals surface area contributed by atoms with Crippen molar-refractivity contribution in [1.82, 2.24) is 19.6 Å². The van der Waals surface area contributed by atoms with Gasteiger partial charge in [0.1, 0.15) is 0 Å². The monoisotopic (exact) mass is 504 g/mol. The number of amides is 1. The number of alkyl halides is 3. The molecule has 1 fully saturated rings. The predicted molar refractivity (Wildman–Crippen MR) is 131 cm³/mol. The van der Waals surface area contributed by atoms with Crippen LogP contribution in [0.2, 0.25) is 5.02 Å². The van der Waals surface area contributed by atoms with Crippen LogP contribution in [0.4, 0.5) is 13.2 Å². The molecule has 0 spiro atoms. The van der Waals surface area contributed by atoms with Crippen LogP contribution in [-0.2, 0) is 6.18 Å². The maximum Gasteiger partial charge on any atom is 0.435 e. The average molecular weight is 505 g/mol. The number of piperazine rings is 1. The van der Waals surface area contributed by atoms with E-state index < -0.39 is 11.9 Å². The van der Waals surface area contributed by atoms with Crippen LogP contribution in [0.15, 0.2) is 54.6 Å². The Morgan fingerprint density at radius 2 is 1.63 bits per heavy atom. The molecule has 1 aromatic heterocycles. The lowest BCUT2D eigenvalue weighted by Gasteiger charge is -2.38. The van der Waals surface area contributed by atoms with E-state index >= 15 is 0 Å². The molecule has 1 saturated heterocycles. The van der Waals surface area contributed by atoms with Gasteiger partial charge in [0.2, 0.25) is 0 Å². The number of rotatable bonds is 6. The molecule has 0 saturated carbocycles. The van der Waals surface area contributed by atoms with Crippen LogP contribution >= 0.6 is 11.6 Å². The molecular formula is C26H28ClF3N4O. The van der Waals surface area contributed by atoms with Crippen molar-refractivity contribution in [2.45, 2.75) is 38.9 Å². The molecule has 2 aromatic carbocycles. The van der Waals surface area contributed by atoms with E-state index in [0.717, 1.165) is 32.0 Å². The summed E-state index contributed by atoms with van der Waals surface area (Å²) in [5.41, 5.74) is 0.578. The van der Waals surface area contributed by atoms with Crippen LogP contribution in [0.25, 0.3) is 16.9 Å². The van der Waals surface area contributed by atoms with E-state index in [2.05, 4.69) is 23.8 Å². The van der Waals surface area contributed by atoms with Crippen molar-refractivity contribution < 1.29 is 18.0 Å². The predicted octanol–water partition coefficient (Wildman–Crippen LogP) is 6.16. The summed E-state index contributed by atoms with van der Waals surface area (Å²) in [5.74, 6) is -0.0728. The van der Waals surface area contributed by atoms with Crippen LogP contribution in [0, 0.1) is 0 Å². The topological polar surface area (TPSA) is 41.4 Å². The standard InChI is InChI=1S/C26H28ClF3N4O/c1-3-20(4-2)32-13-15-33(16-14-32)25(35)19-11-9-18(10-12-19)23-17-24(26(28,29)30)31-34(23)22-8-6-5-7-21(22)27/h5-12,17,20H,3-4,13-16H2,1-2H3. The molecule has 1 amide bonds. The van der Waals surface area contributed by atoms with Crippen LogP contribution < -0.4 is 0 Å². The van der Waals surface area contributed by atoms with Gasteiger partial charge in [-0.3, -0.25) is 9.69 Å². The second-order valence-electron chi connectivity index (χ2n) is 8.65. The van der Waals surface area contributed by atoms with Crippen molar-refractivity contribution in [3.63, 3.8) is 0 Å². The molecule has 0 aliphatic carbocycles. The molecule has 186 valence electrons. The zero-order valence-corrected chi connectivity index (χ0v) is 20.5. The van der Waals surface area contributed by atoms with Gasteiger partial charge in [-0.25, -0.2) is 4.68 Å². The van der Waals surface area contributed by atoms with E-state index in [1.807, 2.05) is 4.90 Å². The highest BCUT2D eigenvalue weighted by Crippen LogP contribution is 2.34. The Balaban J connectivity index is 1.57. The molecule has 5 nitrogen and oxygen atoms in total. The van der Waals surface area contributed by atoms with Crippen molar-refractivity contribution in [2.24, 2.45) is 0 Å². The molecule has 9 heteroatoms. The summed E-state index contributed by atoms with van der Waals surface area (Å²) in [4.78, 5) is 17.3. The molecule has 2 heterocycles. The molecule has 4 rings (SSSR count). The maximum absolute atomic E-state index is 13.4. The molecule has 0 N–H and O–H groups in total. The molecule has 1 aliphatic rings. The van der Waals surface area contributed by atoms with E-state index in [0.29, 0.717) is 35.9 Å². The summed E-state index contributed by atoms with van der Waals surface area (Å²) in [6, 6.07) is 14.7. The highest BCUT2D eigenvalue weighted by Gasteiger charge is 2.35. The lowest BCUT2D eigenvalue weighted by Crippen LogP contribution is -2.51. The van der Waals surface area contributed by atoms with Gasteiger partial charge in [0.05, 0.1) is 16.4 Å². The normalized spacial score (nSPS) is 15.1. The Bertz CT molecular complexity index is 1160. The van der Waals surface area contributed by atoms with Crippen LogP contribution in [0.3, 0.4) is 0 Å². The molecule has 0 unspecified atom stereocenters. The minimum Gasteiger partial charge on any atom is -0.336 e. The summed E-state index contributed by atoms with van der Waals surface area (Å²) in [7, 11) is 0. The van der Waals surface area contributed by atoms with Gasteiger partial charge in [0.25, 0.3) is 5.91 Å². The molecule has 0 radical (unpaired) electrons. The fraction of sp³-hybridized carbons (Fsp3) is 0.385. The fourth-order valence-corrected chi connectivity index (χ4v) is 4.81. The van der Waals surface area contributed by atoms with E-state index in [4.69, 9.17) is 11.6 Å². The SMILES string of the molecule is CCC(CC)N1CCN(C(=O)c2ccc(-c3cc(C(F)(F)F)nn3-c3ccccc3Cl)cc2)CC1. The zero-order valence-electron chi connectivity index (χ0n) is 19.7. The first-order valence-electron chi connectivity index (χ1n) is 11.8. The molecular weight excluding hydrogens is 477 g/mol. The molecule has 0 atom stereocenters. The van der Waals surface area contributed by atoms with Crippen molar-refractivity contribution in [2.75, 3.05) is 26.2 Å². The van der Waals surface area contributed by atoms with Gasteiger partial charge in [0.15, 0.2) is 5.69 Å². The van der Waals surface area contributed by atoms with Gasteiger partial charge in [-0.15, -0.1) is 0 Å². The van der Waals surface area contributed by atoms with Gasteiger partial charge in [-0.1, -0.05) is 49.7 Å². The average Bonchev–Trinajstić information content (AvgIpc) is 3.31. The number of para-hydroxylation sites is 1. The van der Waals surface area contributed by atoms with Gasteiger partial charge in [-0.05, 0) is 43.2 Å². The molecule has 0 bridgehead atoms. The smallest absolute Gasteiger partial charge is 0.336 e. The lowest BCUT2D eigenvalue weighted by molar-refractivity contribution is -0.141. The number of carbonyl (C=O) groups excluding carboxylic acids is 1. The van der Waals surface area contributed by atoms with Crippen LogP contribution in [0.5, 0.6) is 0 Å². The quantitative estimate of drug-likeness (QED) is 0.404. The highest BCUT2D eigenvalue weighted by molar-refractivity contribution is 6.32. The Morgan fingerprint density at radius 3 is 2.20 bits per heavy atom. The minimum absolute atomic E-state index is 0.0728. The Morgan fingerprint density at radius 1 is 1.00 bits per heavy atom. The van der Waals surface area contributed by atoms with Crippen molar-refractivity contribution in [3.05, 3.63) is 70.9 Å². The van der Waals surface area contributed by atoms with Gasteiger partial charge in [-0.2, -0.15) is 18.3 Å². The van der Waals surface area contributed by atoms with E-state index in [1.54, 1.807) is 48.5 Å². The number of aromatic nitrogens is 2. The van der Waals surface area contributed by atoms with Gasteiger partial charge in [0, 0.05) is 43.3 Å². The number of hydrogen-bond donors (Lipinski definition) is 0. The molecule has 3 aromatic rings. The Labute approximate surface area is 208 Å². The summed E-state index contributed by atoms with van der Waals surface area (Å²) >= 11 is 6.25. The second-order valence-corrected chi connectivity index (χ2v) is 9.06. The third-order valence-electron chi connectivity index (χ3n) is 6.57. The largest absolute Gasteiger partial charge is 0.435 e. The number of halogens is 4. The van der Waals surface area contributed by atoms with Crippen molar-refractivity contribution >= 4 is 17.5 Å². The van der Waals surface area contributed by atoms with Gasteiger partial charge >= 0.3 is 6.18 Å². The van der Waals surface area contributed by atoms with E-state index in [9.17, 15) is 18.0 Å². The minimum atomic E-state index is -4.60. The molecule has 1 aliphatic heterocycles. The first-order chi connectivity index (χ1) is 16.7. The third kappa shape index (κ3) is 5.38. The zero-order chi connectivity index (χ0) is 25.2. The molecule has 35 heavy (non-hydrogen) atoms. The number of hydrogen-bond acceptors (Lipinski definition) is 3. The Hall–Kier alpha value is -2.84. The second kappa shape index (κ2) is 10.4. The third-order valence-corrected chi connectivity index (χ3v) is 6.89. The first kappa shape index (κ1) is 25.3. The maximum atomic E-state index is 13.4. The summed E-state index contributed by atoms with van der Waals surface area (Å²) in [5, 5.41) is 4.06. The summed E-state index contributed by atoms with van der Waals surface area (Å²) < 4.78 is 41.5. The summed E-state index contributed by atoms with van der Waals surface area (Å²) in [6.07, 6.45) is -2.42. The first-order valence-corrected chi connectivity index (χ1v) is 12.2. The lowest BCUT2D eigenvalue weighted by atomic mass is 10.1. The van der Waals surface area contributed by atoms with Crippen molar-refractivity contribution in [1.29, 1.82) is 0 Å². The van der Waals surface area contributed by atoms with Gasteiger partial charge < -0.3 is 4.90 Å². The van der Waals surface area contributed by atoms with Crippen molar-refractivity contribution in [3.8, 4) is 16.9 Å². The van der Waals surface area contributed by atoms with Crippen LogP contribution in [-0.4, -0.2) is 57.7 Å². The van der Waals surface area contributed by atoms with Crippen LogP contribution in [0.1, 0.15) is 42.7 Å². The van der Waals surface area contributed by atoms with E-state index in [1.165, 1.54) is 4.68 Å². The number of benzene rings is 2. The fourth-order valence-electron chi connectivity index (χ4n) is 4.59. The summed E-state index contributed by atoms with van der Waals surface area (Å²) in [6.45, 7) is 7.36. The van der Waals surface area contributed by atoms with E-state index in [-0.39, 0.29) is 16.6 Å². The number of carbonyl (C=O) groups is 1.